The van der Waals surface area contributed by atoms with Crippen molar-refractivity contribution in [3.05, 3.63) is 17.7 Å². The van der Waals surface area contributed by atoms with Gasteiger partial charge in [0, 0.05) is 24.1 Å². The molecule has 1 rings (SSSR count). The molecule has 118 valence electrons. The van der Waals surface area contributed by atoms with Gasteiger partial charge in [-0.05, 0) is 19.0 Å². The van der Waals surface area contributed by atoms with Crippen LogP contribution in [0.3, 0.4) is 0 Å². The summed E-state index contributed by atoms with van der Waals surface area (Å²) in [7, 11) is 4.70. The molecule has 0 saturated heterocycles. The second-order valence-corrected chi connectivity index (χ2v) is 4.72. The molecule has 0 radical (unpaired) electrons. The molecule has 1 aromatic rings. The first-order valence-corrected chi connectivity index (χ1v) is 6.84. The zero-order valence-electron chi connectivity index (χ0n) is 13.1. The number of hydrogen-bond acceptors (Lipinski definition) is 5. The lowest BCUT2D eigenvalue weighted by Gasteiger charge is -2.16. The lowest BCUT2D eigenvalue weighted by atomic mass is 10.1. The molecule has 0 saturated carbocycles. The number of benzene rings is 1. The minimum absolute atomic E-state index is 0.0303. The van der Waals surface area contributed by atoms with Crippen molar-refractivity contribution in [2.75, 3.05) is 27.9 Å². The standard InChI is InChI=1S/C15H24N2O4/c1-10(5-6-16)15(18)17-9-11-7-13(20-3)14(21-4)8-12(11)19-2/h7-8,10H,5-6,9,16H2,1-4H3,(H,17,18). The number of carbonyl (C=O) groups is 1. The van der Waals surface area contributed by atoms with Gasteiger partial charge < -0.3 is 25.3 Å². The van der Waals surface area contributed by atoms with Gasteiger partial charge in [0.25, 0.3) is 0 Å². The van der Waals surface area contributed by atoms with Gasteiger partial charge >= 0.3 is 0 Å². The number of methoxy groups -OCH3 is 3. The Morgan fingerprint density at radius 2 is 1.71 bits per heavy atom. The fourth-order valence-corrected chi connectivity index (χ4v) is 1.97. The van der Waals surface area contributed by atoms with Crippen molar-refractivity contribution in [1.82, 2.24) is 5.32 Å². The molecule has 0 aliphatic carbocycles. The summed E-state index contributed by atoms with van der Waals surface area (Å²) in [5.41, 5.74) is 6.28. The van der Waals surface area contributed by atoms with Crippen molar-refractivity contribution >= 4 is 5.91 Å². The van der Waals surface area contributed by atoms with Crippen LogP contribution in [0, 0.1) is 5.92 Å². The van der Waals surface area contributed by atoms with Crippen molar-refractivity contribution in [2.45, 2.75) is 19.9 Å². The number of ether oxygens (including phenoxy) is 3. The van der Waals surface area contributed by atoms with Gasteiger partial charge in [0.05, 0.1) is 21.3 Å². The van der Waals surface area contributed by atoms with Crippen LogP contribution in [0.4, 0.5) is 0 Å². The average Bonchev–Trinajstić information content (AvgIpc) is 2.51. The van der Waals surface area contributed by atoms with E-state index < -0.39 is 0 Å². The van der Waals surface area contributed by atoms with Crippen LogP contribution in [0.5, 0.6) is 17.2 Å². The molecule has 6 nitrogen and oxygen atoms in total. The fourth-order valence-electron chi connectivity index (χ4n) is 1.97. The SMILES string of the molecule is COc1cc(OC)c(OC)cc1CNC(=O)C(C)CCN. The number of amides is 1. The van der Waals surface area contributed by atoms with Crippen LogP contribution in [-0.4, -0.2) is 33.8 Å². The summed E-state index contributed by atoms with van der Waals surface area (Å²) < 4.78 is 15.8. The van der Waals surface area contributed by atoms with Gasteiger partial charge in [-0.1, -0.05) is 6.92 Å². The summed E-state index contributed by atoms with van der Waals surface area (Å²) in [4.78, 5) is 11.9. The third-order valence-corrected chi connectivity index (χ3v) is 3.29. The molecule has 0 bridgehead atoms. The average molecular weight is 296 g/mol. The van der Waals surface area contributed by atoms with Gasteiger partial charge in [-0.2, -0.15) is 0 Å². The van der Waals surface area contributed by atoms with Gasteiger partial charge in [0.15, 0.2) is 11.5 Å². The van der Waals surface area contributed by atoms with Crippen LogP contribution in [0.2, 0.25) is 0 Å². The predicted octanol–water partition coefficient (Wildman–Crippen LogP) is 1.31. The van der Waals surface area contributed by atoms with Crippen molar-refractivity contribution in [3.8, 4) is 17.2 Å². The summed E-state index contributed by atoms with van der Waals surface area (Å²) in [6.07, 6.45) is 0.662. The van der Waals surface area contributed by atoms with Crippen molar-refractivity contribution < 1.29 is 19.0 Å². The largest absolute Gasteiger partial charge is 0.496 e. The monoisotopic (exact) mass is 296 g/mol. The highest BCUT2D eigenvalue weighted by Crippen LogP contribution is 2.34. The minimum Gasteiger partial charge on any atom is -0.496 e. The number of carbonyl (C=O) groups excluding carboxylic acids is 1. The highest BCUT2D eigenvalue weighted by molar-refractivity contribution is 5.78. The van der Waals surface area contributed by atoms with Crippen LogP contribution < -0.4 is 25.3 Å². The number of nitrogens with one attached hydrogen (secondary N) is 1. The Hall–Kier alpha value is -1.95. The summed E-state index contributed by atoms with van der Waals surface area (Å²) in [5.74, 6) is 1.68. The Balaban J connectivity index is 2.84. The molecule has 0 aliphatic heterocycles. The molecule has 0 spiro atoms. The fraction of sp³-hybridized carbons (Fsp3) is 0.533. The molecule has 1 aromatic carbocycles. The Morgan fingerprint density at radius 3 is 2.24 bits per heavy atom. The van der Waals surface area contributed by atoms with Crippen molar-refractivity contribution in [3.63, 3.8) is 0 Å². The van der Waals surface area contributed by atoms with Crippen LogP contribution in [0.25, 0.3) is 0 Å². The first kappa shape index (κ1) is 17.1. The molecule has 1 amide bonds. The Morgan fingerprint density at radius 1 is 1.14 bits per heavy atom. The van der Waals surface area contributed by atoms with Crippen LogP contribution in [0.1, 0.15) is 18.9 Å². The van der Waals surface area contributed by atoms with Gasteiger partial charge in [0.2, 0.25) is 5.91 Å². The van der Waals surface area contributed by atoms with E-state index >= 15 is 0 Å². The van der Waals surface area contributed by atoms with Crippen LogP contribution in [-0.2, 0) is 11.3 Å². The van der Waals surface area contributed by atoms with E-state index in [1.165, 1.54) is 0 Å². The maximum Gasteiger partial charge on any atom is 0.223 e. The Bertz CT molecular complexity index is 477. The van der Waals surface area contributed by atoms with Crippen molar-refractivity contribution in [1.29, 1.82) is 0 Å². The first-order valence-electron chi connectivity index (χ1n) is 6.84. The van der Waals surface area contributed by atoms with E-state index in [4.69, 9.17) is 19.9 Å². The second kappa shape index (κ2) is 8.36. The summed E-state index contributed by atoms with van der Waals surface area (Å²) >= 11 is 0. The molecule has 3 N–H and O–H groups in total. The van der Waals surface area contributed by atoms with Gasteiger partial charge in [-0.15, -0.1) is 0 Å². The normalized spacial score (nSPS) is 11.7. The lowest BCUT2D eigenvalue weighted by Crippen LogP contribution is -2.30. The van der Waals surface area contributed by atoms with Crippen molar-refractivity contribution in [2.24, 2.45) is 11.7 Å². The third-order valence-electron chi connectivity index (χ3n) is 3.29. The molecule has 1 atom stereocenters. The second-order valence-electron chi connectivity index (χ2n) is 4.72. The van der Waals surface area contributed by atoms with Gasteiger partial charge in [0.1, 0.15) is 5.75 Å². The van der Waals surface area contributed by atoms with E-state index in [2.05, 4.69) is 5.32 Å². The van der Waals surface area contributed by atoms with E-state index in [0.717, 1.165) is 5.56 Å². The zero-order chi connectivity index (χ0) is 15.8. The maximum absolute atomic E-state index is 11.9. The molecule has 0 heterocycles. The number of nitrogens with two attached hydrogens (primary N) is 1. The molecule has 0 aliphatic rings. The molecule has 21 heavy (non-hydrogen) atoms. The topological polar surface area (TPSA) is 82.8 Å². The maximum atomic E-state index is 11.9. The third kappa shape index (κ3) is 4.53. The van der Waals surface area contributed by atoms with Crippen LogP contribution >= 0.6 is 0 Å². The Kier molecular flexibility index (Phi) is 6.81. The minimum atomic E-state index is -0.110. The van der Waals surface area contributed by atoms with E-state index in [1.807, 2.05) is 6.92 Å². The molecule has 0 fully saturated rings. The zero-order valence-corrected chi connectivity index (χ0v) is 13.1. The van der Waals surface area contributed by atoms with Gasteiger partial charge in [-0.25, -0.2) is 0 Å². The van der Waals surface area contributed by atoms with E-state index in [-0.39, 0.29) is 11.8 Å². The summed E-state index contributed by atoms with van der Waals surface area (Å²) in [5, 5.41) is 2.88. The van der Waals surface area contributed by atoms with E-state index in [9.17, 15) is 4.79 Å². The smallest absolute Gasteiger partial charge is 0.223 e. The first-order chi connectivity index (χ1) is 10.1. The number of rotatable bonds is 8. The summed E-state index contributed by atoms with van der Waals surface area (Å²) in [6.45, 7) is 2.71. The molecular weight excluding hydrogens is 272 g/mol. The highest BCUT2D eigenvalue weighted by atomic mass is 16.5. The summed E-state index contributed by atoms with van der Waals surface area (Å²) in [6, 6.07) is 3.54. The van der Waals surface area contributed by atoms with E-state index in [1.54, 1.807) is 33.5 Å². The van der Waals surface area contributed by atoms with Gasteiger partial charge in [-0.3, -0.25) is 4.79 Å². The highest BCUT2D eigenvalue weighted by Gasteiger charge is 2.15. The lowest BCUT2D eigenvalue weighted by molar-refractivity contribution is -0.124. The molecule has 6 heteroatoms. The van der Waals surface area contributed by atoms with Crippen LogP contribution in [0.15, 0.2) is 12.1 Å². The molecule has 1 unspecified atom stereocenters. The Labute approximate surface area is 125 Å². The molecule has 0 aromatic heterocycles. The number of hydrogen-bond donors (Lipinski definition) is 2. The quantitative estimate of drug-likeness (QED) is 0.756. The van der Waals surface area contributed by atoms with E-state index in [0.29, 0.717) is 36.8 Å². The molecular formula is C15H24N2O4. The predicted molar refractivity (Wildman–Crippen MR) is 80.8 cm³/mol.